The van der Waals surface area contributed by atoms with E-state index in [2.05, 4.69) is 4.74 Å². The van der Waals surface area contributed by atoms with Crippen LogP contribution < -0.4 is 20.6 Å². The first-order valence-corrected chi connectivity index (χ1v) is 10.6. The van der Waals surface area contributed by atoms with Gasteiger partial charge in [-0.05, 0) is 54.8 Å². The Kier molecular flexibility index (Phi) is 6.70. The van der Waals surface area contributed by atoms with Crippen LogP contribution >= 0.6 is 0 Å². The first-order valence-electron chi connectivity index (χ1n) is 10.6. The van der Waals surface area contributed by atoms with Gasteiger partial charge in [0.2, 0.25) is 5.43 Å². The molecule has 0 saturated heterocycles. The molecule has 0 aliphatic rings. The third-order valence-corrected chi connectivity index (χ3v) is 5.52. The Morgan fingerprint density at radius 2 is 1.57 bits per heavy atom. The molecule has 4 N–H and O–H groups in total. The van der Waals surface area contributed by atoms with Crippen LogP contribution in [0.4, 0.5) is 13.2 Å². The summed E-state index contributed by atoms with van der Waals surface area (Å²) in [4.78, 5) is 13.1. The lowest BCUT2D eigenvalue weighted by atomic mass is 9.93. The number of hydrogen-bond acceptors (Lipinski definition) is 7. The quantitative estimate of drug-likeness (QED) is 0.317. The van der Waals surface area contributed by atoms with Crippen LogP contribution in [0.2, 0.25) is 0 Å². The summed E-state index contributed by atoms with van der Waals surface area (Å²) >= 11 is 0. The number of aliphatic hydroxyl groups excluding tert-OH is 2. The molecule has 0 unspecified atom stereocenters. The van der Waals surface area contributed by atoms with Gasteiger partial charge in [-0.25, -0.2) is 0 Å². The second-order valence-electron chi connectivity index (χ2n) is 8.22. The highest BCUT2D eigenvalue weighted by atomic mass is 19.4. The molecular formula is C25H22F3NO6. The van der Waals surface area contributed by atoms with Crippen LogP contribution in [-0.2, 0) is 6.42 Å². The Labute approximate surface area is 197 Å². The van der Waals surface area contributed by atoms with Gasteiger partial charge in [0.1, 0.15) is 28.4 Å². The molecule has 0 fully saturated rings. The molecular weight excluding hydrogens is 467 g/mol. The summed E-state index contributed by atoms with van der Waals surface area (Å²) in [6.45, 7) is -0.734. The van der Waals surface area contributed by atoms with Gasteiger partial charge < -0.3 is 29.8 Å². The van der Waals surface area contributed by atoms with E-state index in [0.29, 0.717) is 29.2 Å². The van der Waals surface area contributed by atoms with E-state index in [0.717, 1.165) is 17.7 Å². The summed E-state index contributed by atoms with van der Waals surface area (Å²) in [6, 6.07) is 14.7. The van der Waals surface area contributed by atoms with Crippen molar-refractivity contribution in [1.29, 1.82) is 0 Å². The highest BCUT2D eigenvalue weighted by Crippen LogP contribution is 2.31. The summed E-state index contributed by atoms with van der Waals surface area (Å²) in [5.74, 6) is -0.0531. The van der Waals surface area contributed by atoms with E-state index in [1.54, 1.807) is 18.2 Å². The molecule has 0 atom stereocenters. The number of hydrogen-bond donors (Lipinski definition) is 3. The molecule has 0 amide bonds. The average Bonchev–Trinajstić information content (AvgIpc) is 2.82. The molecule has 0 aliphatic carbocycles. The fourth-order valence-electron chi connectivity index (χ4n) is 3.57. The summed E-state index contributed by atoms with van der Waals surface area (Å²) in [7, 11) is 0. The Balaban J connectivity index is 1.61. The van der Waals surface area contributed by atoms with Crippen LogP contribution in [0.25, 0.3) is 21.9 Å². The molecule has 0 radical (unpaired) electrons. The monoisotopic (exact) mass is 489 g/mol. The molecule has 1 aromatic heterocycles. The number of aliphatic hydroxyl groups is 2. The maximum Gasteiger partial charge on any atom is 0.573 e. The van der Waals surface area contributed by atoms with Gasteiger partial charge in [-0.3, -0.25) is 4.79 Å². The van der Waals surface area contributed by atoms with Crippen LogP contribution in [0.15, 0.2) is 69.9 Å². The zero-order valence-corrected chi connectivity index (χ0v) is 18.3. The van der Waals surface area contributed by atoms with Gasteiger partial charge in [0.05, 0.1) is 29.5 Å². The van der Waals surface area contributed by atoms with E-state index in [9.17, 15) is 28.2 Å². The predicted octanol–water partition coefficient (Wildman–Crippen LogP) is 4.25. The molecule has 35 heavy (non-hydrogen) atoms. The molecule has 3 aromatic carbocycles. The lowest BCUT2D eigenvalue weighted by Crippen LogP contribution is -2.47. The van der Waals surface area contributed by atoms with Crippen molar-refractivity contribution in [3.63, 3.8) is 0 Å². The van der Waals surface area contributed by atoms with Gasteiger partial charge in [0, 0.05) is 12.1 Å². The molecule has 4 aromatic rings. The molecule has 10 heteroatoms. The number of benzene rings is 3. The van der Waals surface area contributed by atoms with Crippen molar-refractivity contribution in [2.24, 2.45) is 5.73 Å². The Bertz CT molecular complexity index is 1410. The number of ether oxygens (including phenoxy) is 2. The standard InChI is InChI=1S/C25H22F3NO6/c26-25(27,28)35-18-3-1-2-16(11-18)33-17-5-6-19-22(12-17)34-21-7-4-15(10-20(21)23(19)32)8-9-24(29,13-30)14-31/h1-7,10-12,30-31H,8-9,13-14,29H2. The minimum atomic E-state index is -4.82. The van der Waals surface area contributed by atoms with Crippen molar-refractivity contribution in [1.82, 2.24) is 0 Å². The molecule has 0 aliphatic heterocycles. The van der Waals surface area contributed by atoms with Crippen molar-refractivity contribution in [2.75, 3.05) is 13.2 Å². The first-order chi connectivity index (χ1) is 16.6. The van der Waals surface area contributed by atoms with Crippen molar-refractivity contribution in [3.8, 4) is 17.2 Å². The smallest absolute Gasteiger partial charge is 0.457 e. The normalized spacial score (nSPS) is 12.3. The predicted molar refractivity (Wildman–Crippen MR) is 123 cm³/mol. The zero-order valence-electron chi connectivity index (χ0n) is 18.3. The van der Waals surface area contributed by atoms with E-state index in [4.69, 9.17) is 14.9 Å². The van der Waals surface area contributed by atoms with Gasteiger partial charge in [-0.2, -0.15) is 0 Å². The molecule has 0 bridgehead atoms. The molecule has 0 spiro atoms. The number of aryl methyl sites for hydroxylation is 1. The minimum Gasteiger partial charge on any atom is -0.457 e. The fraction of sp³-hybridized carbons (Fsp3) is 0.240. The third-order valence-electron chi connectivity index (χ3n) is 5.52. The van der Waals surface area contributed by atoms with Crippen molar-refractivity contribution < 1.29 is 37.3 Å². The maximum absolute atomic E-state index is 13.1. The fourth-order valence-corrected chi connectivity index (χ4v) is 3.57. The Morgan fingerprint density at radius 1 is 0.857 bits per heavy atom. The molecule has 7 nitrogen and oxygen atoms in total. The number of halogens is 3. The Hall–Kier alpha value is -3.60. The highest BCUT2D eigenvalue weighted by Gasteiger charge is 2.31. The maximum atomic E-state index is 13.1. The van der Waals surface area contributed by atoms with Gasteiger partial charge in [-0.15, -0.1) is 13.2 Å². The second-order valence-corrected chi connectivity index (χ2v) is 8.22. The summed E-state index contributed by atoms with van der Waals surface area (Å²) in [5, 5.41) is 19.4. The van der Waals surface area contributed by atoms with Crippen LogP contribution in [-0.4, -0.2) is 35.3 Å². The minimum absolute atomic E-state index is 0.112. The van der Waals surface area contributed by atoms with Crippen molar-refractivity contribution in [3.05, 3.63) is 76.5 Å². The van der Waals surface area contributed by atoms with E-state index >= 15 is 0 Å². The summed E-state index contributed by atoms with van der Waals surface area (Å²) in [5.41, 5.74) is 5.92. The van der Waals surface area contributed by atoms with E-state index in [1.807, 2.05) is 0 Å². The van der Waals surface area contributed by atoms with Gasteiger partial charge >= 0.3 is 6.36 Å². The highest BCUT2D eigenvalue weighted by molar-refractivity contribution is 5.90. The van der Waals surface area contributed by atoms with E-state index in [1.165, 1.54) is 30.3 Å². The number of rotatable bonds is 8. The third kappa shape index (κ3) is 5.73. The number of alkyl halides is 3. The van der Waals surface area contributed by atoms with Gasteiger partial charge in [-0.1, -0.05) is 12.1 Å². The first kappa shape index (κ1) is 24.5. The number of fused-ring (bicyclic) bond motifs is 2. The van der Waals surface area contributed by atoms with Crippen molar-refractivity contribution in [2.45, 2.75) is 24.7 Å². The van der Waals surface area contributed by atoms with E-state index < -0.39 is 17.7 Å². The number of nitrogens with two attached hydrogens (primary N) is 1. The second kappa shape index (κ2) is 9.57. The largest absolute Gasteiger partial charge is 0.573 e. The lowest BCUT2D eigenvalue weighted by Gasteiger charge is -2.24. The van der Waals surface area contributed by atoms with Gasteiger partial charge in [0.25, 0.3) is 0 Å². The van der Waals surface area contributed by atoms with Gasteiger partial charge in [0.15, 0.2) is 0 Å². The summed E-state index contributed by atoms with van der Waals surface area (Å²) in [6.07, 6.45) is -4.06. The molecule has 4 rings (SSSR count). The van der Waals surface area contributed by atoms with E-state index in [-0.39, 0.29) is 35.7 Å². The summed E-state index contributed by atoms with van der Waals surface area (Å²) < 4.78 is 52.8. The van der Waals surface area contributed by atoms with Crippen LogP contribution in [0.1, 0.15) is 12.0 Å². The lowest BCUT2D eigenvalue weighted by molar-refractivity contribution is -0.274. The Morgan fingerprint density at radius 3 is 2.29 bits per heavy atom. The average molecular weight is 489 g/mol. The van der Waals surface area contributed by atoms with Crippen LogP contribution in [0.5, 0.6) is 17.2 Å². The zero-order chi connectivity index (χ0) is 25.2. The molecule has 184 valence electrons. The topological polar surface area (TPSA) is 115 Å². The molecule has 1 heterocycles. The van der Waals surface area contributed by atoms with Crippen LogP contribution in [0.3, 0.4) is 0 Å². The molecule has 0 saturated carbocycles. The SMILES string of the molecule is NC(CO)(CO)CCc1ccc2oc3cc(Oc4cccc(OC(F)(F)F)c4)ccc3c(=O)c2c1. The van der Waals surface area contributed by atoms with Crippen molar-refractivity contribution >= 4 is 21.9 Å². The van der Waals surface area contributed by atoms with Crippen LogP contribution in [0, 0.1) is 0 Å².